The monoisotopic (exact) mass is 280 g/mol. The molecule has 1 atom stereocenters. The molecule has 4 rings (SSSR count). The Morgan fingerprint density at radius 3 is 2.76 bits per heavy atom. The summed E-state index contributed by atoms with van der Waals surface area (Å²) in [6.45, 7) is 1.81. The van der Waals surface area contributed by atoms with E-state index in [1.807, 2.05) is 10.9 Å². The van der Waals surface area contributed by atoms with Crippen LogP contribution in [-0.2, 0) is 0 Å². The quantitative estimate of drug-likeness (QED) is 0.858. The molecule has 21 heavy (non-hydrogen) atoms. The van der Waals surface area contributed by atoms with E-state index >= 15 is 0 Å². The zero-order valence-corrected chi connectivity index (χ0v) is 11.7. The van der Waals surface area contributed by atoms with E-state index in [9.17, 15) is 0 Å². The molecule has 3 heterocycles. The Labute approximate surface area is 123 Å². The first-order chi connectivity index (χ1) is 10.3. The number of anilines is 1. The first-order valence-electron chi connectivity index (χ1n) is 7.36. The summed E-state index contributed by atoms with van der Waals surface area (Å²) in [6, 6.07) is 6.60. The number of rotatable bonds is 3. The Morgan fingerprint density at radius 1 is 1.19 bits per heavy atom. The van der Waals surface area contributed by atoms with E-state index in [0.29, 0.717) is 17.5 Å². The smallest absolute Gasteiger partial charge is 0.151 e. The summed E-state index contributed by atoms with van der Waals surface area (Å²) in [5.74, 6) is 1.58. The molecule has 0 aromatic carbocycles. The van der Waals surface area contributed by atoms with Crippen molar-refractivity contribution < 1.29 is 0 Å². The predicted octanol–water partition coefficient (Wildman–Crippen LogP) is 1.87. The van der Waals surface area contributed by atoms with Gasteiger partial charge in [0.25, 0.3) is 0 Å². The molecule has 1 saturated heterocycles. The summed E-state index contributed by atoms with van der Waals surface area (Å²) in [7, 11) is 0. The lowest BCUT2D eigenvalue weighted by Crippen LogP contribution is -2.22. The van der Waals surface area contributed by atoms with Gasteiger partial charge in [-0.05, 0) is 31.4 Å². The Hall–Kier alpha value is -2.42. The molecule has 1 aliphatic heterocycles. The van der Waals surface area contributed by atoms with Crippen molar-refractivity contribution in [3.05, 3.63) is 35.8 Å². The molecule has 0 spiro atoms. The van der Waals surface area contributed by atoms with E-state index in [0.717, 1.165) is 31.0 Å². The Bertz CT molecular complexity index is 679. The lowest BCUT2D eigenvalue weighted by molar-refractivity contribution is 0.494. The summed E-state index contributed by atoms with van der Waals surface area (Å²) in [5, 5.41) is 21.9. The van der Waals surface area contributed by atoms with Crippen molar-refractivity contribution in [2.75, 3.05) is 18.0 Å². The van der Waals surface area contributed by atoms with Gasteiger partial charge in [-0.15, -0.1) is 5.10 Å². The van der Waals surface area contributed by atoms with Crippen LogP contribution in [-0.4, -0.2) is 33.1 Å². The van der Waals surface area contributed by atoms with Crippen LogP contribution in [0.1, 0.15) is 42.5 Å². The highest BCUT2D eigenvalue weighted by molar-refractivity contribution is 5.39. The molecule has 6 nitrogen and oxygen atoms in total. The number of hydrogen-bond acceptors (Lipinski definition) is 5. The number of nitrogens with zero attached hydrogens (tertiary/aromatic N) is 6. The van der Waals surface area contributed by atoms with Crippen LogP contribution in [0.2, 0.25) is 0 Å². The normalized spacial score (nSPS) is 21.5. The molecular weight excluding hydrogens is 264 g/mol. The van der Waals surface area contributed by atoms with Gasteiger partial charge in [0.1, 0.15) is 6.07 Å². The maximum absolute atomic E-state index is 8.87. The highest BCUT2D eigenvalue weighted by Gasteiger charge is 2.28. The summed E-state index contributed by atoms with van der Waals surface area (Å²) in [6.07, 6.45) is 6.95. The molecule has 0 amide bonds. The highest BCUT2D eigenvalue weighted by Crippen LogP contribution is 2.38. The highest BCUT2D eigenvalue weighted by atomic mass is 15.3. The van der Waals surface area contributed by atoms with Crippen molar-refractivity contribution >= 4 is 5.82 Å². The fourth-order valence-electron chi connectivity index (χ4n) is 2.86. The van der Waals surface area contributed by atoms with Gasteiger partial charge in [-0.3, -0.25) is 4.68 Å². The summed E-state index contributed by atoms with van der Waals surface area (Å²) < 4.78 is 1.89. The Kier molecular flexibility index (Phi) is 2.85. The molecule has 0 N–H and O–H groups in total. The molecular formula is C15H16N6. The number of aromatic nitrogens is 4. The fraction of sp³-hybridized carbons (Fsp3) is 0.467. The number of nitriles is 1. The van der Waals surface area contributed by atoms with E-state index in [1.165, 1.54) is 12.8 Å². The van der Waals surface area contributed by atoms with Gasteiger partial charge in [0.05, 0.1) is 23.5 Å². The van der Waals surface area contributed by atoms with E-state index in [1.54, 1.807) is 6.20 Å². The first-order valence-corrected chi connectivity index (χ1v) is 7.36. The van der Waals surface area contributed by atoms with Crippen molar-refractivity contribution in [3.8, 4) is 6.07 Å². The minimum atomic E-state index is 0.303. The second kappa shape index (κ2) is 4.85. The van der Waals surface area contributed by atoms with Gasteiger partial charge in [0, 0.05) is 25.2 Å². The minimum Gasteiger partial charge on any atom is -0.353 e. The van der Waals surface area contributed by atoms with Gasteiger partial charge >= 0.3 is 0 Å². The molecule has 6 heteroatoms. The third kappa shape index (κ3) is 2.35. The predicted molar refractivity (Wildman–Crippen MR) is 76.8 cm³/mol. The average molecular weight is 280 g/mol. The first kappa shape index (κ1) is 12.3. The van der Waals surface area contributed by atoms with Crippen LogP contribution < -0.4 is 4.90 Å². The van der Waals surface area contributed by atoms with Crippen LogP contribution in [0.25, 0.3) is 0 Å². The topological polar surface area (TPSA) is 70.6 Å². The van der Waals surface area contributed by atoms with Crippen molar-refractivity contribution in [3.63, 3.8) is 0 Å². The summed E-state index contributed by atoms with van der Waals surface area (Å²) >= 11 is 0. The molecule has 0 bridgehead atoms. The maximum Gasteiger partial charge on any atom is 0.151 e. The van der Waals surface area contributed by atoms with Gasteiger partial charge in [0.2, 0.25) is 0 Å². The van der Waals surface area contributed by atoms with Crippen molar-refractivity contribution in [2.24, 2.45) is 0 Å². The van der Waals surface area contributed by atoms with Crippen LogP contribution in [0.5, 0.6) is 0 Å². The lowest BCUT2D eigenvalue weighted by atomic mass is 10.3. The minimum absolute atomic E-state index is 0.303. The summed E-state index contributed by atoms with van der Waals surface area (Å²) in [5.41, 5.74) is 1.74. The third-order valence-electron chi connectivity index (χ3n) is 4.26. The van der Waals surface area contributed by atoms with Gasteiger partial charge in [-0.25, -0.2) is 0 Å². The van der Waals surface area contributed by atoms with Crippen LogP contribution in [0.4, 0.5) is 5.82 Å². The van der Waals surface area contributed by atoms with E-state index < -0.39 is 0 Å². The van der Waals surface area contributed by atoms with Crippen LogP contribution in [0.3, 0.4) is 0 Å². The van der Waals surface area contributed by atoms with E-state index in [4.69, 9.17) is 5.26 Å². The van der Waals surface area contributed by atoms with Crippen LogP contribution >= 0.6 is 0 Å². The van der Waals surface area contributed by atoms with Crippen LogP contribution in [0, 0.1) is 11.3 Å². The second-order valence-corrected chi connectivity index (χ2v) is 5.80. The van der Waals surface area contributed by atoms with Crippen molar-refractivity contribution in [1.29, 1.82) is 5.26 Å². The second-order valence-electron chi connectivity index (χ2n) is 5.80. The van der Waals surface area contributed by atoms with Crippen molar-refractivity contribution in [1.82, 2.24) is 20.0 Å². The van der Waals surface area contributed by atoms with E-state index in [-0.39, 0.29) is 0 Å². The lowest BCUT2D eigenvalue weighted by Gasteiger charge is -2.17. The van der Waals surface area contributed by atoms with Crippen LogP contribution in [0.15, 0.2) is 24.5 Å². The van der Waals surface area contributed by atoms with Gasteiger partial charge in [-0.1, -0.05) is 0 Å². The largest absolute Gasteiger partial charge is 0.353 e. The fourth-order valence-corrected chi connectivity index (χ4v) is 2.86. The zero-order valence-electron chi connectivity index (χ0n) is 11.7. The molecule has 106 valence electrons. The number of hydrogen-bond donors (Lipinski definition) is 0. The molecule has 2 aromatic heterocycles. The molecule has 1 aliphatic carbocycles. The van der Waals surface area contributed by atoms with E-state index in [2.05, 4.69) is 38.4 Å². The molecule has 2 aliphatic rings. The van der Waals surface area contributed by atoms with Gasteiger partial charge < -0.3 is 4.90 Å². The maximum atomic E-state index is 8.87. The zero-order chi connectivity index (χ0) is 14.2. The van der Waals surface area contributed by atoms with Crippen molar-refractivity contribution in [2.45, 2.75) is 31.2 Å². The van der Waals surface area contributed by atoms with Gasteiger partial charge in [0.15, 0.2) is 5.82 Å². The molecule has 2 aromatic rings. The Balaban J connectivity index is 1.46. The molecule has 2 fully saturated rings. The van der Waals surface area contributed by atoms with Gasteiger partial charge in [-0.2, -0.15) is 15.5 Å². The SMILES string of the molecule is N#Cc1cnn(C2CCN(c3ccc(C4CC4)nn3)C2)c1. The molecule has 0 radical (unpaired) electrons. The average Bonchev–Trinajstić information content (AvgIpc) is 3.07. The molecule has 1 unspecified atom stereocenters. The molecule has 1 saturated carbocycles. The third-order valence-corrected chi connectivity index (χ3v) is 4.26. The Morgan fingerprint density at radius 2 is 2.10 bits per heavy atom. The standard InChI is InChI=1S/C15H16N6/c16-7-11-8-17-21(9-11)13-5-6-20(10-13)15-4-3-14(18-19-15)12-1-2-12/h3-4,8-9,12-13H,1-2,5-6,10H2. The summed E-state index contributed by atoms with van der Waals surface area (Å²) in [4.78, 5) is 2.24.